The number of aryl methyl sites for hydroxylation is 1. The third-order valence-corrected chi connectivity index (χ3v) is 2.19. The summed E-state index contributed by atoms with van der Waals surface area (Å²) in [5.74, 6) is 1.18. The first-order valence-corrected chi connectivity index (χ1v) is 4.45. The number of hydrogen-bond donors (Lipinski definition) is 2. The van der Waals surface area contributed by atoms with Gasteiger partial charge in [-0.25, -0.2) is 4.98 Å². The van der Waals surface area contributed by atoms with Crippen molar-refractivity contribution in [3.05, 3.63) is 18.1 Å². The summed E-state index contributed by atoms with van der Waals surface area (Å²) < 4.78 is 1.98. The SMILES string of the molecule is CCn1cnc2c1NC(C)C=C2O. The lowest BCUT2D eigenvalue weighted by Crippen LogP contribution is -2.20. The molecule has 1 atom stereocenters. The summed E-state index contributed by atoms with van der Waals surface area (Å²) in [6, 6.07) is 0.162. The minimum Gasteiger partial charge on any atom is -0.506 e. The molecule has 0 amide bonds. The molecule has 4 heteroatoms. The van der Waals surface area contributed by atoms with Gasteiger partial charge >= 0.3 is 0 Å². The summed E-state index contributed by atoms with van der Waals surface area (Å²) in [6.07, 6.45) is 3.50. The van der Waals surface area contributed by atoms with Crippen LogP contribution in [0.15, 0.2) is 12.4 Å². The standard InChI is InChI=1S/C9H13N3O/c1-3-12-5-10-8-7(13)4-6(2)11-9(8)12/h4-6,11,13H,3H2,1-2H3. The molecule has 0 saturated heterocycles. The smallest absolute Gasteiger partial charge is 0.147 e. The zero-order chi connectivity index (χ0) is 9.42. The molecule has 0 aromatic carbocycles. The largest absolute Gasteiger partial charge is 0.506 e. The molecule has 4 nitrogen and oxygen atoms in total. The lowest BCUT2D eigenvalue weighted by Gasteiger charge is -2.19. The van der Waals surface area contributed by atoms with E-state index < -0.39 is 0 Å². The summed E-state index contributed by atoms with van der Waals surface area (Å²) in [6.45, 7) is 4.89. The zero-order valence-electron chi connectivity index (χ0n) is 7.78. The summed E-state index contributed by atoms with van der Waals surface area (Å²) in [7, 11) is 0. The number of imidazole rings is 1. The van der Waals surface area contributed by atoms with Crippen molar-refractivity contribution in [2.24, 2.45) is 0 Å². The van der Waals surface area contributed by atoms with Gasteiger partial charge in [0.1, 0.15) is 17.3 Å². The minimum absolute atomic E-state index is 0.162. The first-order chi connectivity index (χ1) is 6.22. The number of hydrogen-bond acceptors (Lipinski definition) is 3. The van der Waals surface area contributed by atoms with E-state index in [4.69, 9.17) is 0 Å². The van der Waals surface area contributed by atoms with Crippen LogP contribution in [0, 0.1) is 0 Å². The highest BCUT2D eigenvalue weighted by atomic mass is 16.3. The molecule has 1 aliphatic heterocycles. The number of nitrogens with zero attached hydrogens (tertiary/aromatic N) is 2. The van der Waals surface area contributed by atoms with Gasteiger partial charge in [0.25, 0.3) is 0 Å². The first-order valence-electron chi connectivity index (χ1n) is 4.45. The number of anilines is 1. The van der Waals surface area contributed by atoms with Gasteiger partial charge in [-0.2, -0.15) is 0 Å². The maximum Gasteiger partial charge on any atom is 0.147 e. The molecule has 1 aromatic rings. The summed E-state index contributed by atoms with van der Waals surface area (Å²) in [5.41, 5.74) is 0.653. The van der Waals surface area contributed by atoms with Gasteiger partial charge in [-0.1, -0.05) is 0 Å². The van der Waals surface area contributed by atoms with Crippen LogP contribution in [-0.4, -0.2) is 20.7 Å². The molecule has 2 heterocycles. The zero-order valence-corrected chi connectivity index (χ0v) is 7.78. The van der Waals surface area contributed by atoms with Crippen molar-refractivity contribution in [2.75, 3.05) is 5.32 Å². The first kappa shape index (κ1) is 8.16. The Labute approximate surface area is 76.9 Å². The second kappa shape index (κ2) is 2.80. The van der Waals surface area contributed by atoms with Gasteiger partial charge in [0, 0.05) is 12.6 Å². The molecule has 2 rings (SSSR count). The van der Waals surface area contributed by atoms with E-state index in [1.54, 1.807) is 12.4 Å². The molecule has 1 unspecified atom stereocenters. The molecular formula is C9H13N3O. The number of fused-ring (bicyclic) bond motifs is 1. The minimum atomic E-state index is 0.162. The average Bonchev–Trinajstić information content (AvgIpc) is 2.47. The quantitative estimate of drug-likeness (QED) is 0.688. The van der Waals surface area contributed by atoms with Crippen LogP contribution in [0.1, 0.15) is 19.5 Å². The molecule has 0 aliphatic carbocycles. The van der Waals surface area contributed by atoms with E-state index in [2.05, 4.69) is 10.3 Å². The van der Waals surface area contributed by atoms with Crippen LogP contribution >= 0.6 is 0 Å². The predicted molar refractivity (Wildman–Crippen MR) is 51.6 cm³/mol. The third-order valence-electron chi connectivity index (χ3n) is 2.19. The van der Waals surface area contributed by atoms with Crippen LogP contribution < -0.4 is 5.32 Å². The van der Waals surface area contributed by atoms with Crippen molar-refractivity contribution in [3.8, 4) is 0 Å². The normalized spacial score (nSPS) is 20.5. The fourth-order valence-electron chi connectivity index (χ4n) is 1.53. The molecule has 1 aromatic heterocycles. The fraction of sp³-hybridized carbons (Fsp3) is 0.444. The maximum absolute atomic E-state index is 9.59. The van der Waals surface area contributed by atoms with E-state index in [0.29, 0.717) is 5.69 Å². The summed E-state index contributed by atoms with van der Waals surface area (Å²) in [5, 5.41) is 12.8. The second-order valence-corrected chi connectivity index (χ2v) is 3.21. The highest BCUT2D eigenvalue weighted by Gasteiger charge is 2.19. The molecule has 0 spiro atoms. The number of aromatic nitrogens is 2. The van der Waals surface area contributed by atoms with E-state index in [0.717, 1.165) is 12.4 Å². The number of aliphatic hydroxyl groups is 1. The van der Waals surface area contributed by atoms with E-state index in [1.165, 1.54) is 0 Å². The van der Waals surface area contributed by atoms with Crippen molar-refractivity contribution >= 4 is 11.6 Å². The predicted octanol–water partition coefficient (Wildman–Crippen LogP) is 1.62. The molecule has 1 aliphatic rings. The van der Waals surface area contributed by atoms with Crippen LogP contribution in [-0.2, 0) is 6.54 Å². The van der Waals surface area contributed by atoms with Gasteiger partial charge in [0.05, 0.1) is 6.33 Å². The van der Waals surface area contributed by atoms with Crippen molar-refractivity contribution in [2.45, 2.75) is 26.4 Å². The Hall–Kier alpha value is -1.45. The van der Waals surface area contributed by atoms with Gasteiger partial charge in [0.15, 0.2) is 0 Å². The van der Waals surface area contributed by atoms with Crippen molar-refractivity contribution in [1.29, 1.82) is 0 Å². The van der Waals surface area contributed by atoms with Crippen LogP contribution in [0.3, 0.4) is 0 Å². The monoisotopic (exact) mass is 179 g/mol. The Morgan fingerprint density at radius 2 is 2.46 bits per heavy atom. The van der Waals surface area contributed by atoms with Crippen LogP contribution in [0.25, 0.3) is 5.76 Å². The van der Waals surface area contributed by atoms with Crippen LogP contribution in [0.5, 0.6) is 0 Å². The second-order valence-electron chi connectivity index (χ2n) is 3.21. The van der Waals surface area contributed by atoms with Crippen molar-refractivity contribution < 1.29 is 5.11 Å². The maximum atomic E-state index is 9.59. The van der Waals surface area contributed by atoms with Gasteiger partial charge in [-0.3, -0.25) is 0 Å². The molecule has 0 radical (unpaired) electrons. The van der Waals surface area contributed by atoms with E-state index in [9.17, 15) is 5.11 Å². The highest BCUT2D eigenvalue weighted by molar-refractivity contribution is 5.70. The molecule has 0 saturated carbocycles. The Morgan fingerprint density at radius 3 is 3.15 bits per heavy atom. The fourth-order valence-corrected chi connectivity index (χ4v) is 1.53. The highest BCUT2D eigenvalue weighted by Crippen LogP contribution is 2.26. The van der Waals surface area contributed by atoms with E-state index >= 15 is 0 Å². The third kappa shape index (κ3) is 1.18. The van der Waals surface area contributed by atoms with Gasteiger partial charge in [-0.05, 0) is 19.9 Å². The number of aliphatic hydroxyl groups excluding tert-OH is 1. The Kier molecular flexibility index (Phi) is 1.76. The average molecular weight is 179 g/mol. The number of rotatable bonds is 1. The van der Waals surface area contributed by atoms with E-state index in [1.807, 2.05) is 18.4 Å². The van der Waals surface area contributed by atoms with Crippen molar-refractivity contribution in [1.82, 2.24) is 9.55 Å². The summed E-state index contributed by atoms with van der Waals surface area (Å²) >= 11 is 0. The molecule has 0 bridgehead atoms. The van der Waals surface area contributed by atoms with Gasteiger partial charge < -0.3 is 15.0 Å². The Balaban J connectivity index is 2.49. The molecule has 0 fully saturated rings. The Morgan fingerprint density at radius 1 is 1.69 bits per heavy atom. The molecule has 2 N–H and O–H groups in total. The molecule has 13 heavy (non-hydrogen) atoms. The lowest BCUT2D eigenvalue weighted by atomic mass is 10.2. The molecule has 70 valence electrons. The summed E-state index contributed by atoms with van der Waals surface area (Å²) in [4.78, 5) is 4.13. The van der Waals surface area contributed by atoms with Crippen LogP contribution in [0.2, 0.25) is 0 Å². The Bertz CT molecular complexity index is 354. The number of nitrogens with one attached hydrogen (secondary N) is 1. The lowest BCUT2D eigenvalue weighted by molar-refractivity contribution is 0.503. The van der Waals surface area contributed by atoms with Crippen molar-refractivity contribution in [3.63, 3.8) is 0 Å². The van der Waals surface area contributed by atoms with Gasteiger partial charge in [-0.15, -0.1) is 0 Å². The topological polar surface area (TPSA) is 50.1 Å². The van der Waals surface area contributed by atoms with Gasteiger partial charge in [0.2, 0.25) is 0 Å². The van der Waals surface area contributed by atoms with E-state index in [-0.39, 0.29) is 11.8 Å². The molecular weight excluding hydrogens is 166 g/mol. The van der Waals surface area contributed by atoms with Crippen LogP contribution in [0.4, 0.5) is 5.82 Å².